The highest BCUT2D eigenvalue weighted by Gasteiger charge is 2.34. The summed E-state index contributed by atoms with van der Waals surface area (Å²) in [7, 11) is 3.92. The number of aromatic nitrogens is 2. The molecule has 0 spiro atoms. The highest BCUT2D eigenvalue weighted by atomic mass is 16.5. The van der Waals surface area contributed by atoms with E-state index in [-0.39, 0.29) is 18.8 Å². The maximum Gasteiger partial charge on any atom is 0.351 e. The Morgan fingerprint density at radius 2 is 1.74 bits per heavy atom. The molecule has 0 bridgehead atoms. The van der Waals surface area contributed by atoms with Gasteiger partial charge in [-0.05, 0) is 54.6 Å². The van der Waals surface area contributed by atoms with E-state index in [4.69, 9.17) is 4.74 Å². The number of amides is 1. The molecule has 11 nitrogen and oxygen atoms in total. The van der Waals surface area contributed by atoms with Crippen molar-refractivity contribution in [1.82, 2.24) is 9.55 Å². The molecule has 0 aliphatic carbocycles. The summed E-state index contributed by atoms with van der Waals surface area (Å²) in [5, 5.41) is 30.0. The number of hydrogen-bond acceptors (Lipinski definition) is 9. The predicted octanol–water partition coefficient (Wildman–Crippen LogP) is 2.62. The summed E-state index contributed by atoms with van der Waals surface area (Å²) in [6.07, 6.45) is -0.778. The third-order valence-electron chi connectivity index (χ3n) is 5.54. The Kier molecular flexibility index (Phi) is 7.30. The lowest BCUT2D eigenvalue weighted by Gasteiger charge is -2.14. The fraction of sp³-hybridized carbons (Fsp3) is 0.292. The molecule has 3 atom stereocenters. The smallest absolute Gasteiger partial charge is 0.351 e. The maximum absolute atomic E-state index is 12.6. The van der Waals surface area contributed by atoms with Crippen LogP contribution in [0.1, 0.15) is 23.0 Å². The zero-order valence-electron chi connectivity index (χ0n) is 19.3. The van der Waals surface area contributed by atoms with Crippen LogP contribution < -0.4 is 15.9 Å². The number of hydrogen-bond donors (Lipinski definition) is 3. The van der Waals surface area contributed by atoms with E-state index >= 15 is 0 Å². The predicted molar refractivity (Wildman–Crippen MR) is 129 cm³/mol. The third kappa shape index (κ3) is 5.77. The molecule has 182 valence electrons. The van der Waals surface area contributed by atoms with E-state index in [2.05, 4.69) is 20.5 Å². The maximum atomic E-state index is 12.6. The molecule has 35 heavy (non-hydrogen) atoms. The van der Waals surface area contributed by atoms with Gasteiger partial charge >= 0.3 is 5.69 Å². The topological polar surface area (TPSA) is 142 Å². The first-order valence-corrected chi connectivity index (χ1v) is 11.0. The first-order chi connectivity index (χ1) is 16.8. The molecule has 1 saturated heterocycles. The Labute approximate surface area is 201 Å². The summed E-state index contributed by atoms with van der Waals surface area (Å²) in [4.78, 5) is 30.8. The fourth-order valence-corrected chi connectivity index (χ4v) is 3.55. The Morgan fingerprint density at radius 1 is 1.11 bits per heavy atom. The van der Waals surface area contributed by atoms with Crippen molar-refractivity contribution in [2.24, 2.45) is 10.2 Å². The van der Waals surface area contributed by atoms with Gasteiger partial charge in [0.1, 0.15) is 18.1 Å². The first kappa shape index (κ1) is 24.2. The van der Waals surface area contributed by atoms with Gasteiger partial charge in [0.25, 0.3) is 5.91 Å². The van der Waals surface area contributed by atoms with Crippen LogP contribution in [-0.4, -0.2) is 58.6 Å². The number of carbonyl (C=O) groups is 1. The summed E-state index contributed by atoms with van der Waals surface area (Å²) in [5.41, 5.74) is 2.07. The normalized spacial score (nSPS) is 19.7. The van der Waals surface area contributed by atoms with E-state index in [0.717, 1.165) is 5.69 Å². The quantitative estimate of drug-likeness (QED) is 0.443. The summed E-state index contributed by atoms with van der Waals surface area (Å²) < 4.78 is 6.68. The highest BCUT2D eigenvalue weighted by molar-refractivity contribution is 6.03. The minimum atomic E-state index is -0.873. The van der Waals surface area contributed by atoms with Gasteiger partial charge in [-0.3, -0.25) is 9.36 Å². The Balaban J connectivity index is 1.37. The van der Waals surface area contributed by atoms with E-state index < -0.39 is 30.0 Å². The Hall–Kier alpha value is -3.93. The molecule has 0 radical (unpaired) electrons. The number of benzene rings is 2. The molecule has 4 rings (SSSR count). The SMILES string of the molecule is CN(C)c1ccc(N=Nc2ccc(C(=O)Nc3ccn(C4CC(O)C(CO)O4)c(=O)n3)cc2)cc1. The lowest BCUT2D eigenvalue weighted by Crippen LogP contribution is -2.28. The number of anilines is 2. The van der Waals surface area contributed by atoms with Crippen molar-refractivity contribution in [3.8, 4) is 0 Å². The van der Waals surface area contributed by atoms with Crippen LogP contribution >= 0.6 is 0 Å². The van der Waals surface area contributed by atoms with Crippen molar-refractivity contribution in [1.29, 1.82) is 0 Å². The molecule has 3 unspecified atom stereocenters. The molecule has 3 N–H and O–H groups in total. The zero-order chi connectivity index (χ0) is 24.9. The molecule has 1 aliphatic rings. The van der Waals surface area contributed by atoms with E-state index in [1.54, 1.807) is 24.3 Å². The lowest BCUT2D eigenvalue weighted by molar-refractivity contribution is -0.0458. The number of aliphatic hydroxyl groups excluding tert-OH is 2. The number of rotatable bonds is 7. The second-order valence-electron chi connectivity index (χ2n) is 8.23. The van der Waals surface area contributed by atoms with Gasteiger partial charge in [-0.1, -0.05) is 0 Å². The fourth-order valence-electron chi connectivity index (χ4n) is 3.55. The largest absolute Gasteiger partial charge is 0.394 e. The average molecular weight is 479 g/mol. The number of aliphatic hydroxyl groups is 2. The van der Waals surface area contributed by atoms with Gasteiger partial charge in [-0.15, -0.1) is 0 Å². The van der Waals surface area contributed by atoms with Crippen molar-refractivity contribution in [2.45, 2.75) is 24.9 Å². The molecular formula is C24H26N6O5. The van der Waals surface area contributed by atoms with Crippen LogP contribution in [0, 0.1) is 0 Å². The molecular weight excluding hydrogens is 452 g/mol. The van der Waals surface area contributed by atoms with Gasteiger partial charge in [-0.2, -0.15) is 15.2 Å². The van der Waals surface area contributed by atoms with Gasteiger partial charge in [0.15, 0.2) is 0 Å². The summed E-state index contributed by atoms with van der Waals surface area (Å²) in [6.45, 7) is -0.349. The molecule has 1 aromatic heterocycles. The molecule has 1 amide bonds. The second-order valence-corrected chi connectivity index (χ2v) is 8.23. The van der Waals surface area contributed by atoms with E-state index in [1.807, 2.05) is 43.3 Å². The van der Waals surface area contributed by atoms with Crippen LogP contribution in [0.15, 0.2) is 75.8 Å². The van der Waals surface area contributed by atoms with Crippen molar-refractivity contribution < 1.29 is 19.7 Å². The molecule has 1 aliphatic heterocycles. The minimum Gasteiger partial charge on any atom is -0.394 e. The van der Waals surface area contributed by atoms with Crippen LogP contribution in [0.25, 0.3) is 0 Å². The summed E-state index contributed by atoms with van der Waals surface area (Å²) in [6, 6.07) is 15.6. The molecule has 2 heterocycles. The third-order valence-corrected chi connectivity index (χ3v) is 5.54. The van der Waals surface area contributed by atoms with Crippen LogP contribution in [-0.2, 0) is 4.74 Å². The van der Waals surface area contributed by atoms with Crippen molar-refractivity contribution in [3.05, 3.63) is 76.8 Å². The van der Waals surface area contributed by atoms with Gasteiger partial charge in [0.05, 0.1) is 24.1 Å². The lowest BCUT2D eigenvalue weighted by atomic mass is 10.2. The highest BCUT2D eigenvalue weighted by Crippen LogP contribution is 2.27. The number of ether oxygens (including phenoxy) is 1. The Bertz CT molecular complexity index is 1260. The second kappa shape index (κ2) is 10.6. The van der Waals surface area contributed by atoms with Crippen LogP contribution in [0.2, 0.25) is 0 Å². The van der Waals surface area contributed by atoms with Gasteiger partial charge in [0.2, 0.25) is 0 Å². The van der Waals surface area contributed by atoms with E-state index in [9.17, 15) is 19.8 Å². The monoisotopic (exact) mass is 478 g/mol. The van der Waals surface area contributed by atoms with Crippen LogP contribution in [0.3, 0.4) is 0 Å². The summed E-state index contributed by atoms with van der Waals surface area (Å²) >= 11 is 0. The van der Waals surface area contributed by atoms with Crippen molar-refractivity contribution in [2.75, 3.05) is 30.9 Å². The number of carbonyl (C=O) groups excluding carboxylic acids is 1. The van der Waals surface area contributed by atoms with Gasteiger partial charge in [-0.25, -0.2) is 4.79 Å². The number of nitrogens with one attached hydrogen (secondary N) is 1. The average Bonchev–Trinajstić information content (AvgIpc) is 3.23. The van der Waals surface area contributed by atoms with Crippen molar-refractivity contribution in [3.63, 3.8) is 0 Å². The van der Waals surface area contributed by atoms with Gasteiger partial charge in [0, 0.05) is 38.0 Å². The number of nitrogens with zero attached hydrogens (tertiary/aromatic N) is 5. The Morgan fingerprint density at radius 3 is 2.29 bits per heavy atom. The summed E-state index contributed by atoms with van der Waals surface area (Å²) in [5.74, 6) is -0.358. The van der Waals surface area contributed by atoms with Crippen molar-refractivity contribution >= 4 is 28.8 Å². The number of azo groups is 1. The van der Waals surface area contributed by atoms with E-state index in [1.165, 1.54) is 16.8 Å². The molecule has 3 aromatic rings. The molecule has 11 heteroatoms. The molecule has 0 saturated carbocycles. The minimum absolute atomic E-state index is 0.0819. The molecule has 1 fully saturated rings. The zero-order valence-corrected chi connectivity index (χ0v) is 19.3. The van der Waals surface area contributed by atoms with Gasteiger partial charge < -0.3 is 25.2 Å². The molecule has 2 aromatic carbocycles. The van der Waals surface area contributed by atoms with Crippen LogP contribution in [0.5, 0.6) is 0 Å². The standard InChI is InChI=1S/C24H26N6O5/c1-29(2)18-9-7-17(8-10-18)28-27-16-5-3-15(4-6-16)23(33)25-21-11-12-30(24(34)26-21)22-13-19(32)20(14-31)35-22/h3-12,19-20,22,31-32H,13-14H2,1-2H3,(H,25,26,33,34). The van der Waals surface area contributed by atoms with Crippen LogP contribution in [0.4, 0.5) is 22.9 Å². The van der Waals surface area contributed by atoms with E-state index in [0.29, 0.717) is 16.9 Å². The first-order valence-electron chi connectivity index (χ1n) is 11.0.